The van der Waals surface area contributed by atoms with Crippen molar-refractivity contribution in [1.82, 2.24) is 24.8 Å². The van der Waals surface area contributed by atoms with Crippen LogP contribution in [0, 0.1) is 13.8 Å². The summed E-state index contributed by atoms with van der Waals surface area (Å²) in [5, 5.41) is 15.3. The van der Waals surface area contributed by atoms with Gasteiger partial charge in [0.15, 0.2) is 0 Å². The zero-order valence-corrected chi connectivity index (χ0v) is 22.0. The molecule has 1 amide bonds. The Morgan fingerprint density at radius 2 is 1.89 bits per heavy atom. The van der Waals surface area contributed by atoms with Crippen LogP contribution in [0.5, 0.6) is 0 Å². The Balaban J connectivity index is 1.62. The lowest BCUT2D eigenvalue weighted by atomic mass is 10.1. The van der Waals surface area contributed by atoms with E-state index >= 15 is 0 Å². The summed E-state index contributed by atoms with van der Waals surface area (Å²) >= 11 is 0. The minimum Gasteiger partial charge on any atom is -0.375 e. The van der Waals surface area contributed by atoms with Gasteiger partial charge in [0.25, 0.3) is 5.91 Å². The number of hydrogen-bond acceptors (Lipinski definition) is 5. The molecule has 0 atom stereocenters. The zero-order valence-electron chi connectivity index (χ0n) is 22.0. The molecule has 11 heteroatoms. The van der Waals surface area contributed by atoms with Gasteiger partial charge >= 0.3 is 6.18 Å². The van der Waals surface area contributed by atoms with Gasteiger partial charge in [-0.05, 0) is 56.2 Å². The minimum atomic E-state index is -4.55. The van der Waals surface area contributed by atoms with Crippen molar-refractivity contribution in [2.75, 3.05) is 23.8 Å². The maximum absolute atomic E-state index is 13.6. The molecule has 0 spiro atoms. The second kappa shape index (κ2) is 10.7. The summed E-state index contributed by atoms with van der Waals surface area (Å²) in [6, 6.07) is 8.63. The number of carbonyl (C=O) groups is 1. The number of alkyl halides is 3. The van der Waals surface area contributed by atoms with Crippen molar-refractivity contribution < 1.29 is 18.0 Å². The number of aryl methyl sites for hydroxylation is 2. The fourth-order valence-electron chi connectivity index (χ4n) is 4.05. The Hall–Kier alpha value is -4.15. The lowest BCUT2D eigenvalue weighted by molar-refractivity contribution is -0.137. The van der Waals surface area contributed by atoms with E-state index in [0.717, 1.165) is 41.8 Å². The molecule has 0 aliphatic heterocycles. The van der Waals surface area contributed by atoms with Crippen LogP contribution in [0.1, 0.15) is 46.9 Å². The third kappa shape index (κ3) is 5.71. The molecule has 8 nitrogen and oxygen atoms in total. The van der Waals surface area contributed by atoms with Crippen molar-refractivity contribution in [2.24, 2.45) is 7.05 Å². The maximum atomic E-state index is 13.6. The molecule has 2 heterocycles. The van der Waals surface area contributed by atoms with E-state index in [1.165, 1.54) is 0 Å². The van der Waals surface area contributed by atoms with Crippen LogP contribution < -0.4 is 10.2 Å². The number of amides is 1. The standard InChI is InChI=1S/C27H30F3N7O/c1-6-7-10-35(4)22-13-20(27(28,29)30)12-21(14-22)32-26(38)19-9-8-17(2)25(11-19)37-16-24(33-34-37)23-15-31-36(5)18(23)3/h8-9,11-16H,6-7,10H2,1-5H3,(H,32,38). The molecule has 2 aromatic heterocycles. The molecule has 0 aliphatic rings. The molecule has 0 radical (unpaired) electrons. The molecular weight excluding hydrogens is 495 g/mol. The minimum absolute atomic E-state index is 0.0698. The highest BCUT2D eigenvalue weighted by Crippen LogP contribution is 2.34. The number of nitrogens with zero attached hydrogens (tertiary/aromatic N) is 6. The average molecular weight is 526 g/mol. The lowest BCUT2D eigenvalue weighted by Gasteiger charge is -2.22. The highest BCUT2D eigenvalue weighted by Gasteiger charge is 2.32. The largest absolute Gasteiger partial charge is 0.416 e. The van der Waals surface area contributed by atoms with E-state index in [4.69, 9.17) is 0 Å². The first-order chi connectivity index (χ1) is 18.0. The smallest absolute Gasteiger partial charge is 0.375 e. The normalized spacial score (nSPS) is 11.6. The van der Waals surface area contributed by atoms with E-state index in [9.17, 15) is 18.0 Å². The zero-order chi connectivity index (χ0) is 27.6. The third-order valence-electron chi connectivity index (χ3n) is 6.51. The summed E-state index contributed by atoms with van der Waals surface area (Å²) in [6.45, 7) is 6.42. The Labute approximate surface area is 219 Å². The fourth-order valence-corrected chi connectivity index (χ4v) is 4.05. The number of unbranched alkanes of at least 4 members (excludes halogenated alkanes) is 1. The summed E-state index contributed by atoms with van der Waals surface area (Å²) in [4.78, 5) is 14.9. The predicted molar refractivity (Wildman–Crippen MR) is 141 cm³/mol. The number of hydrogen-bond donors (Lipinski definition) is 1. The van der Waals surface area contributed by atoms with Gasteiger partial charge in [-0.1, -0.05) is 24.6 Å². The molecule has 0 bridgehead atoms. The summed E-state index contributed by atoms with van der Waals surface area (Å²) in [5.41, 5.74) is 3.79. The number of rotatable bonds is 8. The molecule has 0 aliphatic carbocycles. The molecule has 0 unspecified atom stereocenters. The summed E-state index contributed by atoms with van der Waals surface area (Å²) in [6.07, 6.45) is 0.668. The predicted octanol–water partition coefficient (Wildman–Crippen LogP) is 5.79. The molecule has 0 saturated heterocycles. The van der Waals surface area contributed by atoms with E-state index in [0.29, 0.717) is 23.6 Å². The lowest BCUT2D eigenvalue weighted by Crippen LogP contribution is -2.20. The van der Waals surface area contributed by atoms with Crippen molar-refractivity contribution in [3.8, 4) is 16.9 Å². The van der Waals surface area contributed by atoms with Crippen molar-refractivity contribution in [3.63, 3.8) is 0 Å². The van der Waals surface area contributed by atoms with Gasteiger partial charge in [0, 0.05) is 48.8 Å². The van der Waals surface area contributed by atoms with Crippen molar-refractivity contribution in [3.05, 3.63) is 71.2 Å². The number of benzene rings is 2. The van der Waals surface area contributed by atoms with Gasteiger partial charge in [-0.3, -0.25) is 9.48 Å². The summed E-state index contributed by atoms with van der Waals surface area (Å²) < 4.78 is 44.1. The maximum Gasteiger partial charge on any atom is 0.416 e. The first-order valence-corrected chi connectivity index (χ1v) is 12.2. The van der Waals surface area contributed by atoms with E-state index in [-0.39, 0.29) is 11.3 Å². The van der Waals surface area contributed by atoms with Gasteiger partial charge in [0.05, 0.1) is 23.6 Å². The quantitative estimate of drug-likeness (QED) is 0.315. The molecule has 0 saturated carbocycles. The van der Waals surface area contributed by atoms with Crippen LogP contribution in [0.25, 0.3) is 16.9 Å². The van der Waals surface area contributed by atoms with Crippen LogP contribution in [0.3, 0.4) is 0 Å². The van der Waals surface area contributed by atoms with Crippen LogP contribution in [0.15, 0.2) is 48.8 Å². The van der Waals surface area contributed by atoms with Gasteiger partial charge in [-0.15, -0.1) is 5.10 Å². The Morgan fingerprint density at radius 3 is 2.55 bits per heavy atom. The van der Waals surface area contributed by atoms with Crippen molar-refractivity contribution in [2.45, 2.75) is 39.8 Å². The highest BCUT2D eigenvalue weighted by molar-refractivity contribution is 6.05. The van der Waals surface area contributed by atoms with E-state index < -0.39 is 17.6 Å². The van der Waals surface area contributed by atoms with Gasteiger partial charge < -0.3 is 10.2 Å². The van der Waals surface area contributed by atoms with Crippen LogP contribution in [0.2, 0.25) is 0 Å². The molecule has 0 fully saturated rings. The molecule has 38 heavy (non-hydrogen) atoms. The average Bonchev–Trinajstić information content (AvgIpc) is 3.48. The topological polar surface area (TPSA) is 80.9 Å². The monoisotopic (exact) mass is 525 g/mol. The third-order valence-corrected chi connectivity index (χ3v) is 6.51. The highest BCUT2D eigenvalue weighted by atomic mass is 19.4. The van der Waals surface area contributed by atoms with Crippen LogP contribution >= 0.6 is 0 Å². The van der Waals surface area contributed by atoms with Crippen molar-refractivity contribution >= 4 is 17.3 Å². The number of anilines is 2. The molecule has 4 aromatic rings. The number of aromatic nitrogens is 5. The molecule has 4 rings (SSSR count). The van der Waals surface area contributed by atoms with Gasteiger partial charge in [-0.2, -0.15) is 18.3 Å². The Morgan fingerprint density at radius 1 is 1.13 bits per heavy atom. The van der Waals surface area contributed by atoms with Gasteiger partial charge in [0.2, 0.25) is 0 Å². The second-order valence-corrected chi connectivity index (χ2v) is 9.31. The van der Waals surface area contributed by atoms with E-state index in [2.05, 4.69) is 20.7 Å². The Kier molecular flexibility index (Phi) is 7.56. The van der Waals surface area contributed by atoms with Gasteiger partial charge in [0.1, 0.15) is 5.69 Å². The fraction of sp³-hybridized carbons (Fsp3) is 0.333. The summed E-state index contributed by atoms with van der Waals surface area (Å²) in [7, 11) is 3.58. The summed E-state index contributed by atoms with van der Waals surface area (Å²) in [5.74, 6) is -0.531. The molecule has 1 N–H and O–H groups in total. The van der Waals surface area contributed by atoms with Crippen LogP contribution in [-0.2, 0) is 13.2 Å². The molecule has 200 valence electrons. The SMILES string of the molecule is CCCCN(C)c1cc(NC(=O)c2ccc(C)c(-n3cc(-c4cnn(C)c4C)nn3)c2)cc(C(F)(F)F)c1. The van der Waals surface area contributed by atoms with Crippen molar-refractivity contribution in [1.29, 1.82) is 0 Å². The van der Waals surface area contributed by atoms with E-state index in [1.807, 2.05) is 27.8 Å². The molecule has 2 aromatic carbocycles. The Bertz CT molecular complexity index is 1460. The number of halogens is 3. The number of carbonyl (C=O) groups excluding carboxylic acids is 1. The number of nitrogens with one attached hydrogen (secondary N) is 1. The van der Waals surface area contributed by atoms with Crippen LogP contribution in [-0.4, -0.2) is 44.3 Å². The first-order valence-electron chi connectivity index (χ1n) is 12.2. The molecular formula is C27H30F3N7O. The second-order valence-electron chi connectivity index (χ2n) is 9.31. The van der Waals surface area contributed by atoms with Crippen LogP contribution in [0.4, 0.5) is 24.5 Å². The van der Waals surface area contributed by atoms with E-state index in [1.54, 1.807) is 58.0 Å². The van der Waals surface area contributed by atoms with Gasteiger partial charge in [-0.25, -0.2) is 4.68 Å². The first kappa shape index (κ1) is 26.9.